The zero-order valence-corrected chi connectivity index (χ0v) is 22.7. The molecule has 30 heavy (non-hydrogen) atoms. The summed E-state index contributed by atoms with van der Waals surface area (Å²) in [6.07, 6.45) is 2.66. The summed E-state index contributed by atoms with van der Waals surface area (Å²) < 4.78 is 2.49. The molecule has 0 saturated carbocycles. The summed E-state index contributed by atoms with van der Waals surface area (Å²) in [5.74, 6) is 1.34. The third-order valence-electron chi connectivity index (χ3n) is 3.53. The minimum Gasteiger partial charge on any atom is -0.297 e. The highest BCUT2D eigenvalue weighted by Crippen LogP contribution is 2.29. The second kappa shape index (κ2) is 13.6. The quantitative estimate of drug-likeness (QED) is 0.128. The van der Waals surface area contributed by atoms with E-state index in [2.05, 4.69) is 10.3 Å². The molecule has 0 aromatic heterocycles. The van der Waals surface area contributed by atoms with Crippen LogP contribution in [0, 0.1) is 10.8 Å². The normalized spacial score (nSPS) is 13.1. The second-order valence-corrected chi connectivity index (χ2v) is 12.3. The van der Waals surface area contributed by atoms with Gasteiger partial charge in [-0.05, 0) is 12.5 Å². The van der Waals surface area contributed by atoms with Crippen LogP contribution in [0.2, 0.25) is 0 Å². The smallest absolute Gasteiger partial charge is 0.297 e. The van der Waals surface area contributed by atoms with Crippen molar-refractivity contribution in [3.63, 3.8) is 0 Å². The molecule has 0 spiro atoms. The van der Waals surface area contributed by atoms with Crippen molar-refractivity contribution in [2.24, 2.45) is 21.1 Å². The molecule has 0 rings (SSSR count). The number of hydrogen-bond acceptors (Lipinski definition) is 10. The standard InChI is InChI=1S/C18H34N4O4S4/c1-17(2,3)13(11-27-9)19-25-15(23)21(7)29-30-22(8)16(24)26-20-14(12-28-10)18(4,5)6/h11-12H2,1-10H3. The first kappa shape index (κ1) is 29.3. The van der Waals surface area contributed by atoms with Gasteiger partial charge in [0.1, 0.15) is 0 Å². The maximum absolute atomic E-state index is 12.2. The van der Waals surface area contributed by atoms with Gasteiger partial charge in [0.05, 0.1) is 11.4 Å². The van der Waals surface area contributed by atoms with E-state index >= 15 is 0 Å². The molecule has 0 N–H and O–H groups in total. The van der Waals surface area contributed by atoms with Crippen molar-refractivity contribution in [3.8, 4) is 0 Å². The molecule has 0 radical (unpaired) electrons. The van der Waals surface area contributed by atoms with Crippen LogP contribution in [0.15, 0.2) is 10.3 Å². The number of carbonyl (C=O) groups is 2. The van der Waals surface area contributed by atoms with Crippen LogP contribution in [0.25, 0.3) is 0 Å². The Balaban J connectivity index is 4.73. The van der Waals surface area contributed by atoms with E-state index in [-0.39, 0.29) is 10.8 Å². The molecule has 0 aromatic carbocycles. The van der Waals surface area contributed by atoms with Crippen LogP contribution in [0.5, 0.6) is 0 Å². The van der Waals surface area contributed by atoms with Gasteiger partial charge in [0.15, 0.2) is 0 Å². The van der Waals surface area contributed by atoms with Gasteiger partial charge < -0.3 is 0 Å². The molecule has 0 heterocycles. The fourth-order valence-electron chi connectivity index (χ4n) is 1.50. The third kappa shape index (κ3) is 11.6. The van der Waals surface area contributed by atoms with Gasteiger partial charge in [0.2, 0.25) is 0 Å². The molecule has 0 aliphatic carbocycles. The Morgan fingerprint density at radius 3 is 1.27 bits per heavy atom. The molecule has 0 fully saturated rings. The zero-order valence-electron chi connectivity index (χ0n) is 19.5. The monoisotopic (exact) mass is 498 g/mol. The van der Waals surface area contributed by atoms with Crippen LogP contribution in [0.1, 0.15) is 41.5 Å². The van der Waals surface area contributed by atoms with Gasteiger partial charge in [-0.15, -0.1) is 0 Å². The third-order valence-corrected chi connectivity index (χ3v) is 7.01. The van der Waals surface area contributed by atoms with Gasteiger partial charge in [0, 0.05) is 58.4 Å². The van der Waals surface area contributed by atoms with E-state index < -0.39 is 12.2 Å². The Kier molecular flexibility index (Phi) is 13.3. The predicted molar refractivity (Wildman–Crippen MR) is 134 cm³/mol. The minimum absolute atomic E-state index is 0.198. The first-order valence-corrected chi connectivity index (χ1v) is 14.0. The van der Waals surface area contributed by atoms with E-state index in [1.54, 1.807) is 23.5 Å². The fraction of sp³-hybridized carbons (Fsp3) is 0.778. The topological polar surface area (TPSA) is 83.8 Å². The Bertz CT molecular complexity index is 577. The number of thioether (sulfide) groups is 2. The van der Waals surface area contributed by atoms with Crippen LogP contribution in [0.4, 0.5) is 9.59 Å². The Morgan fingerprint density at radius 1 is 0.733 bits per heavy atom. The zero-order chi connectivity index (χ0) is 23.5. The lowest BCUT2D eigenvalue weighted by molar-refractivity contribution is 0.134. The lowest BCUT2D eigenvalue weighted by Gasteiger charge is -2.21. The number of hydrogen-bond donors (Lipinski definition) is 0. The molecule has 12 heteroatoms. The van der Waals surface area contributed by atoms with Crippen LogP contribution in [-0.4, -0.2) is 70.3 Å². The van der Waals surface area contributed by atoms with E-state index in [4.69, 9.17) is 9.68 Å². The lowest BCUT2D eigenvalue weighted by Crippen LogP contribution is -2.26. The summed E-state index contributed by atoms with van der Waals surface area (Å²) in [6, 6.07) is 0. The van der Waals surface area contributed by atoms with E-state index in [0.29, 0.717) is 11.5 Å². The number of amides is 2. The molecule has 0 saturated heterocycles. The molecule has 0 aliphatic rings. The van der Waals surface area contributed by atoms with Gasteiger partial charge in [-0.3, -0.25) is 9.68 Å². The maximum Gasteiger partial charge on any atom is 0.446 e. The summed E-state index contributed by atoms with van der Waals surface area (Å²) in [7, 11) is 5.11. The lowest BCUT2D eigenvalue weighted by atomic mass is 9.91. The Morgan fingerprint density at radius 2 is 1.03 bits per heavy atom. The predicted octanol–water partition coefficient (Wildman–Crippen LogP) is 5.86. The van der Waals surface area contributed by atoms with Crippen molar-refractivity contribution in [3.05, 3.63) is 0 Å². The molecular weight excluding hydrogens is 464 g/mol. The molecule has 174 valence electrons. The molecule has 0 bridgehead atoms. The van der Waals surface area contributed by atoms with Crippen molar-refractivity contribution in [2.75, 3.05) is 38.1 Å². The van der Waals surface area contributed by atoms with Gasteiger partial charge in [-0.1, -0.05) is 51.9 Å². The molecular formula is C18H34N4O4S4. The van der Waals surface area contributed by atoms with Crippen LogP contribution in [0.3, 0.4) is 0 Å². The molecule has 0 aliphatic heterocycles. The summed E-state index contributed by atoms with van der Waals surface area (Å²) in [6.45, 7) is 12.1. The van der Waals surface area contributed by atoms with Crippen molar-refractivity contribution in [1.29, 1.82) is 0 Å². The van der Waals surface area contributed by atoms with E-state index in [9.17, 15) is 9.59 Å². The van der Waals surface area contributed by atoms with Gasteiger partial charge in [0.25, 0.3) is 0 Å². The van der Waals surface area contributed by atoms with Crippen molar-refractivity contribution >= 4 is 69.1 Å². The largest absolute Gasteiger partial charge is 0.446 e. The highest BCUT2D eigenvalue weighted by Gasteiger charge is 2.23. The van der Waals surface area contributed by atoms with Gasteiger partial charge in [-0.25, -0.2) is 18.2 Å². The van der Waals surface area contributed by atoms with Crippen molar-refractivity contribution in [2.45, 2.75) is 41.5 Å². The second-order valence-electron chi connectivity index (χ2n) is 8.30. The average Bonchev–Trinajstić information content (AvgIpc) is 2.63. The SMILES string of the molecule is CSCC(=NOC(=O)N(C)SSN(C)C(=O)ON=C(CSC)C(C)(C)C)C(C)(C)C. The van der Waals surface area contributed by atoms with Crippen LogP contribution < -0.4 is 0 Å². The number of rotatable bonds is 9. The Hall–Kier alpha value is -0.720. The van der Waals surface area contributed by atoms with Crippen molar-refractivity contribution < 1.29 is 19.3 Å². The van der Waals surface area contributed by atoms with Crippen molar-refractivity contribution in [1.82, 2.24) is 8.61 Å². The fourth-order valence-corrected chi connectivity index (χ4v) is 4.37. The molecule has 0 unspecified atom stereocenters. The molecule has 0 aromatic rings. The number of oxime groups is 2. The minimum atomic E-state index is -0.634. The molecule has 0 atom stereocenters. The Labute approximate surface area is 197 Å². The van der Waals surface area contributed by atoms with Crippen LogP contribution in [-0.2, 0) is 9.68 Å². The highest BCUT2D eigenvalue weighted by atomic mass is 33.1. The van der Waals surface area contributed by atoms with Gasteiger partial charge >= 0.3 is 12.2 Å². The van der Waals surface area contributed by atoms with E-state index in [0.717, 1.165) is 33.4 Å². The van der Waals surface area contributed by atoms with E-state index in [1.165, 1.54) is 22.7 Å². The summed E-state index contributed by atoms with van der Waals surface area (Å²) >= 11 is 3.22. The number of nitrogens with zero attached hydrogens (tertiary/aromatic N) is 4. The van der Waals surface area contributed by atoms with Gasteiger partial charge in [-0.2, -0.15) is 23.5 Å². The summed E-state index contributed by atoms with van der Waals surface area (Å²) in [5, 5.41) is 8.03. The number of carbonyl (C=O) groups excluding carboxylic acids is 2. The summed E-state index contributed by atoms with van der Waals surface area (Å²) in [4.78, 5) is 34.4. The molecule has 8 nitrogen and oxygen atoms in total. The van der Waals surface area contributed by atoms with Crippen LogP contribution >= 0.6 is 45.5 Å². The summed E-state index contributed by atoms with van der Waals surface area (Å²) in [5.41, 5.74) is 1.17. The average molecular weight is 499 g/mol. The first-order valence-electron chi connectivity index (χ1n) is 9.10. The highest BCUT2D eigenvalue weighted by molar-refractivity contribution is 8.75. The maximum atomic E-state index is 12.2. The first-order chi connectivity index (χ1) is 13.7. The van der Waals surface area contributed by atoms with E-state index in [1.807, 2.05) is 54.1 Å². The molecule has 2 amide bonds.